The number of nitrogens with zero attached hydrogens (tertiary/aromatic N) is 1. The molecule has 16 heavy (non-hydrogen) atoms. The highest BCUT2D eigenvalue weighted by Gasteiger charge is 2.12. The Morgan fingerprint density at radius 1 is 1.56 bits per heavy atom. The highest BCUT2D eigenvalue weighted by atomic mass is 16.5. The molecule has 0 saturated heterocycles. The molecule has 0 radical (unpaired) electrons. The minimum Gasteiger partial charge on any atom is -0.467 e. The molecule has 1 rings (SSSR count). The van der Waals surface area contributed by atoms with Gasteiger partial charge in [0.1, 0.15) is 6.04 Å². The fraction of sp³-hybridized carbons (Fsp3) is 0.455. The zero-order valence-electron chi connectivity index (χ0n) is 9.69. The first-order chi connectivity index (χ1) is 7.58. The summed E-state index contributed by atoms with van der Waals surface area (Å²) in [6.45, 7) is 4.18. The number of hydrogen-bond donors (Lipinski definition) is 1. The monoisotopic (exact) mass is 224 g/mol. The molecule has 1 heterocycles. The van der Waals surface area contributed by atoms with Gasteiger partial charge in [-0.25, -0.2) is 4.79 Å². The van der Waals surface area contributed by atoms with Crippen LogP contribution in [-0.2, 0) is 16.1 Å². The highest BCUT2D eigenvalue weighted by molar-refractivity contribution is 5.78. The van der Waals surface area contributed by atoms with Crippen LogP contribution in [0.4, 0.5) is 5.69 Å². The fourth-order valence-electron chi connectivity index (χ4n) is 1.35. The van der Waals surface area contributed by atoms with Crippen molar-refractivity contribution in [3.63, 3.8) is 0 Å². The molecular weight excluding hydrogens is 208 g/mol. The van der Waals surface area contributed by atoms with E-state index in [1.54, 1.807) is 23.8 Å². The number of nitrogens with one attached hydrogen (secondary N) is 1. The maximum absolute atomic E-state index is 11.3. The molecule has 0 aliphatic rings. The van der Waals surface area contributed by atoms with E-state index in [2.05, 4.69) is 10.1 Å². The third-order valence-electron chi connectivity index (χ3n) is 2.26. The van der Waals surface area contributed by atoms with Crippen LogP contribution in [-0.4, -0.2) is 23.7 Å². The summed E-state index contributed by atoms with van der Waals surface area (Å²) in [4.78, 5) is 22.5. The Kier molecular flexibility index (Phi) is 4.10. The number of carbonyl (C=O) groups excluding carboxylic acids is 1. The van der Waals surface area contributed by atoms with Crippen molar-refractivity contribution >= 4 is 11.7 Å². The molecule has 0 aliphatic carbocycles. The number of esters is 1. The van der Waals surface area contributed by atoms with Gasteiger partial charge in [-0.3, -0.25) is 4.79 Å². The second-order valence-corrected chi connectivity index (χ2v) is 3.43. The lowest BCUT2D eigenvalue weighted by Crippen LogP contribution is -2.28. The lowest BCUT2D eigenvalue weighted by Gasteiger charge is -2.13. The van der Waals surface area contributed by atoms with Gasteiger partial charge in [0, 0.05) is 18.8 Å². The number of aromatic nitrogens is 1. The zero-order valence-corrected chi connectivity index (χ0v) is 9.69. The van der Waals surface area contributed by atoms with Crippen LogP contribution in [0.1, 0.15) is 13.8 Å². The Morgan fingerprint density at radius 3 is 2.81 bits per heavy atom. The van der Waals surface area contributed by atoms with Crippen molar-refractivity contribution in [3.8, 4) is 0 Å². The summed E-state index contributed by atoms with van der Waals surface area (Å²) in [5.41, 5.74) is 0.665. The first-order valence-electron chi connectivity index (χ1n) is 5.13. The summed E-state index contributed by atoms with van der Waals surface area (Å²) < 4.78 is 6.16. The highest BCUT2D eigenvalue weighted by Crippen LogP contribution is 2.06. The number of ether oxygens (including phenoxy) is 1. The van der Waals surface area contributed by atoms with Gasteiger partial charge in [0.15, 0.2) is 0 Å². The summed E-state index contributed by atoms with van der Waals surface area (Å²) >= 11 is 0. The predicted molar refractivity (Wildman–Crippen MR) is 61.5 cm³/mol. The molecule has 1 aromatic heterocycles. The van der Waals surface area contributed by atoms with E-state index >= 15 is 0 Å². The number of anilines is 1. The minimum absolute atomic E-state index is 0.0567. The van der Waals surface area contributed by atoms with E-state index in [-0.39, 0.29) is 11.5 Å². The van der Waals surface area contributed by atoms with Crippen LogP contribution in [0.2, 0.25) is 0 Å². The van der Waals surface area contributed by atoms with Crippen molar-refractivity contribution in [2.45, 2.75) is 26.4 Å². The number of carbonyl (C=O) groups is 1. The lowest BCUT2D eigenvalue weighted by molar-refractivity contribution is -0.141. The first-order valence-corrected chi connectivity index (χ1v) is 5.13. The van der Waals surface area contributed by atoms with Gasteiger partial charge in [0.25, 0.3) is 5.56 Å². The van der Waals surface area contributed by atoms with E-state index < -0.39 is 6.04 Å². The third-order valence-corrected chi connectivity index (χ3v) is 2.26. The Morgan fingerprint density at radius 2 is 2.25 bits per heavy atom. The number of aryl methyl sites for hydroxylation is 1. The molecule has 0 fully saturated rings. The number of rotatable bonds is 4. The number of pyridine rings is 1. The molecule has 0 bridgehead atoms. The summed E-state index contributed by atoms with van der Waals surface area (Å²) in [7, 11) is 1.34. The number of methoxy groups -OCH3 is 1. The first kappa shape index (κ1) is 12.3. The van der Waals surface area contributed by atoms with Crippen LogP contribution >= 0.6 is 0 Å². The largest absolute Gasteiger partial charge is 0.467 e. The van der Waals surface area contributed by atoms with Crippen molar-refractivity contribution in [3.05, 3.63) is 28.7 Å². The van der Waals surface area contributed by atoms with Crippen molar-refractivity contribution in [1.29, 1.82) is 0 Å². The van der Waals surface area contributed by atoms with Gasteiger partial charge >= 0.3 is 5.97 Å². The molecule has 5 heteroatoms. The average molecular weight is 224 g/mol. The quantitative estimate of drug-likeness (QED) is 0.770. The summed E-state index contributed by atoms with van der Waals surface area (Å²) in [5.74, 6) is -0.339. The molecule has 1 aromatic rings. The van der Waals surface area contributed by atoms with Crippen LogP contribution in [0, 0.1) is 0 Å². The van der Waals surface area contributed by atoms with Gasteiger partial charge in [-0.15, -0.1) is 0 Å². The van der Waals surface area contributed by atoms with Gasteiger partial charge < -0.3 is 14.6 Å². The minimum atomic E-state index is -0.437. The van der Waals surface area contributed by atoms with Gasteiger partial charge in [-0.2, -0.15) is 0 Å². The van der Waals surface area contributed by atoms with Crippen molar-refractivity contribution in [1.82, 2.24) is 4.57 Å². The molecule has 0 spiro atoms. The fourth-order valence-corrected chi connectivity index (χ4v) is 1.35. The second kappa shape index (κ2) is 5.34. The summed E-state index contributed by atoms with van der Waals surface area (Å²) in [6, 6.07) is 2.68. The Bertz CT molecular complexity index is 425. The van der Waals surface area contributed by atoms with Gasteiger partial charge in [0.2, 0.25) is 0 Å². The Hall–Kier alpha value is -1.78. The van der Waals surface area contributed by atoms with Crippen LogP contribution in [0.3, 0.4) is 0 Å². The van der Waals surface area contributed by atoms with Crippen LogP contribution in [0.25, 0.3) is 0 Å². The lowest BCUT2D eigenvalue weighted by atomic mass is 10.3. The van der Waals surface area contributed by atoms with Crippen LogP contribution in [0.5, 0.6) is 0 Å². The van der Waals surface area contributed by atoms with E-state index in [9.17, 15) is 9.59 Å². The molecule has 1 unspecified atom stereocenters. The van der Waals surface area contributed by atoms with E-state index in [4.69, 9.17) is 0 Å². The molecule has 1 atom stereocenters. The molecule has 1 N–H and O–H groups in total. The van der Waals surface area contributed by atoms with E-state index in [1.807, 2.05) is 6.92 Å². The summed E-state index contributed by atoms with van der Waals surface area (Å²) in [5, 5.41) is 2.96. The van der Waals surface area contributed by atoms with E-state index in [1.165, 1.54) is 13.2 Å². The van der Waals surface area contributed by atoms with Crippen molar-refractivity contribution in [2.24, 2.45) is 0 Å². The van der Waals surface area contributed by atoms with Gasteiger partial charge in [-0.05, 0) is 19.9 Å². The summed E-state index contributed by atoms with van der Waals surface area (Å²) in [6.07, 6.45) is 1.68. The maximum atomic E-state index is 11.3. The van der Waals surface area contributed by atoms with E-state index in [0.717, 1.165) is 5.69 Å². The normalized spacial score (nSPS) is 11.9. The predicted octanol–water partition coefficient (Wildman–Crippen LogP) is 0.842. The maximum Gasteiger partial charge on any atom is 0.327 e. The van der Waals surface area contributed by atoms with Crippen LogP contribution < -0.4 is 10.9 Å². The Balaban J connectivity index is 2.82. The van der Waals surface area contributed by atoms with Crippen molar-refractivity contribution in [2.75, 3.05) is 12.4 Å². The molecule has 0 saturated carbocycles. The standard InChI is InChI=1S/C11H16N2O3/c1-4-13-7-9(5-6-10(13)14)12-8(2)11(15)16-3/h5-8,12H,4H2,1-3H3. The van der Waals surface area contributed by atoms with Gasteiger partial charge in [-0.1, -0.05) is 0 Å². The smallest absolute Gasteiger partial charge is 0.327 e. The topological polar surface area (TPSA) is 60.3 Å². The zero-order chi connectivity index (χ0) is 12.1. The van der Waals surface area contributed by atoms with E-state index in [0.29, 0.717) is 6.54 Å². The second-order valence-electron chi connectivity index (χ2n) is 3.43. The molecule has 0 amide bonds. The third kappa shape index (κ3) is 2.85. The molecule has 88 valence electrons. The molecular formula is C11H16N2O3. The Labute approximate surface area is 94.0 Å². The van der Waals surface area contributed by atoms with Gasteiger partial charge in [0.05, 0.1) is 12.8 Å². The SMILES string of the molecule is CCn1cc(NC(C)C(=O)OC)ccc1=O. The van der Waals surface area contributed by atoms with Crippen LogP contribution in [0.15, 0.2) is 23.1 Å². The van der Waals surface area contributed by atoms with Crippen molar-refractivity contribution < 1.29 is 9.53 Å². The number of hydrogen-bond acceptors (Lipinski definition) is 4. The molecule has 0 aromatic carbocycles. The molecule has 5 nitrogen and oxygen atoms in total. The molecule has 0 aliphatic heterocycles. The average Bonchev–Trinajstić information content (AvgIpc) is 2.30.